The van der Waals surface area contributed by atoms with Gasteiger partial charge in [0.2, 0.25) is 0 Å². The van der Waals surface area contributed by atoms with Crippen molar-refractivity contribution in [2.75, 3.05) is 6.54 Å². The Bertz CT molecular complexity index is 660. The predicted molar refractivity (Wildman–Crippen MR) is 83.1 cm³/mol. The summed E-state index contributed by atoms with van der Waals surface area (Å²) in [5, 5.41) is 3.27. The molecular weight excluding hydrogens is 244 g/mol. The van der Waals surface area contributed by atoms with Crippen molar-refractivity contribution in [3.63, 3.8) is 0 Å². The highest BCUT2D eigenvalue weighted by Crippen LogP contribution is 2.34. The minimum absolute atomic E-state index is 0.113. The van der Waals surface area contributed by atoms with Gasteiger partial charge in [-0.15, -0.1) is 0 Å². The number of aliphatic imine (C=N–C) groups is 1. The van der Waals surface area contributed by atoms with Crippen LogP contribution in [-0.4, -0.2) is 18.4 Å². The minimum Gasteiger partial charge on any atom is -0.374 e. The molecule has 0 amide bonds. The van der Waals surface area contributed by atoms with Gasteiger partial charge < -0.3 is 5.32 Å². The Morgan fingerprint density at radius 3 is 2.65 bits per heavy atom. The van der Waals surface area contributed by atoms with Crippen molar-refractivity contribution in [1.82, 2.24) is 5.32 Å². The zero-order valence-electron chi connectivity index (χ0n) is 11.5. The largest absolute Gasteiger partial charge is 0.374 e. The van der Waals surface area contributed by atoms with Crippen LogP contribution in [0.2, 0.25) is 0 Å². The Balaban J connectivity index is 1.72. The summed E-state index contributed by atoms with van der Waals surface area (Å²) in [6.07, 6.45) is 5.25. The molecule has 1 unspecified atom stereocenters. The summed E-state index contributed by atoms with van der Waals surface area (Å²) < 4.78 is 0. The molecule has 0 saturated carbocycles. The first-order chi connectivity index (χ1) is 9.85. The minimum atomic E-state index is 0.113. The van der Waals surface area contributed by atoms with Crippen molar-refractivity contribution in [1.29, 1.82) is 0 Å². The molecule has 1 N–H and O–H groups in total. The van der Waals surface area contributed by atoms with Gasteiger partial charge in [-0.05, 0) is 41.5 Å². The van der Waals surface area contributed by atoms with E-state index in [-0.39, 0.29) is 5.54 Å². The summed E-state index contributed by atoms with van der Waals surface area (Å²) in [6, 6.07) is 17.5. The van der Waals surface area contributed by atoms with Gasteiger partial charge in [0.05, 0.1) is 11.9 Å². The lowest BCUT2D eigenvalue weighted by molar-refractivity contribution is 0.394. The van der Waals surface area contributed by atoms with E-state index in [9.17, 15) is 0 Å². The van der Waals surface area contributed by atoms with E-state index in [1.165, 1.54) is 22.3 Å². The Morgan fingerprint density at radius 2 is 1.85 bits per heavy atom. The van der Waals surface area contributed by atoms with Gasteiger partial charge >= 0.3 is 0 Å². The number of hydrogen-bond donors (Lipinski definition) is 1. The standard InChI is InChI=1S/C18H18N2/c1-2-4-14(5-3-1)16-7-6-15-8-9-18(11-17(15)10-16)12-19-13-20-18/h1-7,10,13H,8-9,11-12H2,(H,19,20). The third-order valence-electron chi connectivity index (χ3n) is 4.55. The smallest absolute Gasteiger partial charge is 0.0840 e. The maximum atomic E-state index is 4.69. The van der Waals surface area contributed by atoms with Gasteiger partial charge in [0, 0.05) is 6.54 Å². The van der Waals surface area contributed by atoms with Gasteiger partial charge in [-0.3, -0.25) is 4.99 Å². The summed E-state index contributed by atoms with van der Waals surface area (Å²) in [6.45, 7) is 0.988. The highest BCUT2D eigenvalue weighted by atomic mass is 15.1. The lowest BCUT2D eigenvalue weighted by atomic mass is 9.78. The van der Waals surface area contributed by atoms with Crippen molar-refractivity contribution in [3.05, 3.63) is 59.7 Å². The van der Waals surface area contributed by atoms with Crippen LogP contribution in [0.4, 0.5) is 0 Å². The van der Waals surface area contributed by atoms with Gasteiger partial charge in [0.15, 0.2) is 0 Å². The first kappa shape index (κ1) is 11.7. The van der Waals surface area contributed by atoms with Crippen molar-refractivity contribution in [3.8, 4) is 11.1 Å². The van der Waals surface area contributed by atoms with Crippen LogP contribution in [0, 0.1) is 0 Å². The third-order valence-corrected chi connectivity index (χ3v) is 4.55. The van der Waals surface area contributed by atoms with Gasteiger partial charge in [0.1, 0.15) is 0 Å². The molecule has 1 heterocycles. The number of rotatable bonds is 1. The molecule has 0 bridgehead atoms. The van der Waals surface area contributed by atoms with Crippen LogP contribution in [0.3, 0.4) is 0 Å². The third kappa shape index (κ3) is 1.92. The monoisotopic (exact) mass is 262 g/mol. The number of aryl methyl sites for hydroxylation is 1. The van der Waals surface area contributed by atoms with Crippen LogP contribution in [0.1, 0.15) is 17.5 Å². The SMILES string of the molecule is C1=NC2(CCc3ccc(-c4ccccc4)cc3C2)CN1. The molecule has 2 aromatic rings. The van der Waals surface area contributed by atoms with Crippen molar-refractivity contribution >= 4 is 6.34 Å². The first-order valence-corrected chi connectivity index (χ1v) is 7.29. The molecular formula is C18H18N2. The Labute approximate surface area is 119 Å². The molecule has 2 nitrogen and oxygen atoms in total. The Hall–Kier alpha value is -2.09. The van der Waals surface area contributed by atoms with Crippen LogP contribution in [0.25, 0.3) is 11.1 Å². The summed E-state index contributed by atoms with van der Waals surface area (Å²) >= 11 is 0. The highest BCUT2D eigenvalue weighted by molar-refractivity contribution is 5.65. The second-order valence-corrected chi connectivity index (χ2v) is 5.89. The fourth-order valence-electron chi connectivity index (χ4n) is 3.38. The van der Waals surface area contributed by atoms with E-state index in [0.717, 1.165) is 25.8 Å². The van der Waals surface area contributed by atoms with Crippen molar-refractivity contribution in [2.24, 2.45) is 4.99 Å². The van der Waals surface area contributed by atoms with Crippen molar-refractivity contribution < 1.29 is 0 Å². The summed E-state index contributed by atoms with van der Waals surface area (Å²) in [7, 11) is 0. The van der Waals surface area contributed by atoms with Crippen LogP contribution >= 0.6 is 0 Å². The highest BCUT2D eigenvalue weighted by Gasteiger charge is 2.35. The molecule has 2 heteroatoms. The van der Waals surface area contributed by atoms with Crippen LogP contribution in [-0.2, 0) is 12.8 Å². The second-order valence-electron chi connectivity index (χ2n) is 5.89. The molecule has 1 atom stereocenters. The van der Waals surface area contributed by atoms with Gasteiger partial charge in [-0.2, -0.15) is 0 Å². The van der Waals surface area contributed by atoms with E-state index in [1.54, 1.807) is 0 Å². The van der Waals surface area contributed by atoms with Crippen LogP contribution in [0.15, 0.2) is 53.5 Å². The Kier molecular flexibility index (Phi) is 2.62. The molecule has 2 aliphatic rings. The lowest BCUT2D eigenvalue weighted by Crippen LogP contribution is -2.38. The molecule has 20 heavy (non-hydrogen) atoms. The lowest BCUT2D eigenvalue weighted by Gasteiger charge is -2.31. The number of nitrogens with zero attached hydrogens (tertiary/aromatic N) is 1. The van der Waals surface area contributed by atoms with Gasteiger partial charge in [-0.1, -0.05) is 48.5 Å². The zero-order valence-corrected chi connectivity index (χ0v) is 11.5. The van der Waals surface area contributed by atoms with Crippen LogP contribution in [0.5, 0.6) is 0 Å². The fraction of sp³-hybridized carbons (Fsp3) is 0.278. The molecule has 100 valence electrons. The van der Waals surface area contributed by atoms with E-state index in [2.05, 4.69) is 53.8 Å². The second kappa shape index (κ2) is 4.48. The number of hydrogen-bond acceptors (Lipinski definition) is 2. The number of benzene rings is 2. The zero-order chi connectivity index (χ0) is 13.4. The molecule has 0 fully saturated rings. The quantitative estimate of drug-likeness (QED) is 0.838. The predicted octanol–water partition coefficient (Wildman–Crippen LogP) is 3.21. The molecule has 0 aromatic heterocycles. The molecule has 4 rings (SSSR count). The van der Waals surface area contributed by atoms with Crippen LogP contribution < -0.4 is 5.32 Å². The molecule has 1 spiro atoms. The molecule has 1 aliphatic heterocycles. The van der Waals surface area contributed by atoms with E-state index < -0.39 is 0 Å². The average Bonchev–Trinajstić information content (AvgIpc) is 2.95. The Morgan fingerprint density at radius 1 is 0.950 bits per heavy atom. The molecule has 0 saturated heterocycles. The fourth-order valence-corrected chi connectivity index (χ4v) is 3.38. The van der Waals surface area contributed by atoms with Crippen molar-refractivity contribution in [2.45, 2.75) is 24.8 Å². The normalized spacial score (nSPS) is 23.6. The number of fused-ring (bicyclic) bond motifs is 1. The molecule has 0 radical (unpaired) electrons. The maximum absolute atomic E-state index is 4.69. The van der Waals surface area contributed by atoms with E-state index in [4.69, 9.17) is 4.99 Å². The van der Waals surface area contributed by atoms with E-state index in [0.29, 0.717) is 0 Å². The molecule has 1 aliphatic carbocycles. The van der Waals surface area contributed by atoms with Gasteiger partial charge in [0.25, 0.3) is 0 Å². The summed E-state index contributed by atoms with van der Waals surface area (Å²) in [5.41, 5.74) is 5.69. The topological polar surface area (TPSA) is 24.4 Å². The average molecular weight is 262 g/mol. The summed E-state index contributed by atoms with van der Waals surface area (Å²) in [5.74, 6) is 0. The number of nitrogens with one attached hydrogen (secondary N) is 1. The van der Waals surface area contributed by atoms with Gasteiger partial charge in [-0.25, -0.2) is 0 Å². The first-order valence-electron chi connectivity index (χ1n) is 7.29. The van der Waals surface area contributed by atoms with E-state index in [1.807, 2.05) is 6.34 Å². The maximum Gasteiger partial charge on any atom is 0.0840 e. The molecule has 2 aromatic carbocycles. The van der Waals surface area contributed by atoms with E-state index >= 15 is 0 Å². The summed E-state index contributed by atoms with van der Waals surface area (Å²) in [4.78, 5) is 4.69.